The molecule has 0 saturated carbocycles. The van der Waals surface area contributed by atoms with Gasteiger partial charge in [-0.25, -0.2) is 4.98 Å². The van der Waals surface area contributed by atoms with E-state index in [4.69, 9.17) is 10.5 Å². The zero-order valence-electron chi connectivity index (χ0n) is 15.2. The van der Waals surface area contributed by atoms with Gasteiger partial charge in [0.1, 0.15) is 17.9 Å². The maximum Gasteiger partial charge on any atom is 0.245 e. The van der Waals surface area contributed by atoms with Crippen LogP contribution in [-0.4, -0.2) is 25.7 Å². The van der Waals surface area contributed by atoms with Gasteiger partial charge in [0.05, 0.1) is 6.33 Å². The number of nitrogens with one attached hydrogen (secondary N) is 1. The lowest BCUT2D eigenvalue weighted by Gasteiger charge is -2.16. The first-order valence-corrected chi connectivity index (χ1v) is 8.53. The molecule has 0 spiro atoms. The number of ketones is 1. The number of aromatic amines is 1. The lowest BCUT2D eigenvalue weighted by molar-refractivity contribution is -0.126. The molecule has 0 fully saturated rings. The molecule has 0 radical (unpaired) electrons. The normalized spacial score (nSPS) is 11.7. The molecular formula is C19H23N5O2. The van der Waals surface area contributed by atoms with Crippen LogP contribution in [0, 0.1) is 5.41 Å². The monoisotopic (exact) mass is 353 g/mol. The highest BCUT2D eigenvalue weighted by Crippen LogP contribution is 2.21. The molecular weight excluding hydrogens is 330 g/mol. The fourth-order valence-corrected chi connectivity index (χ4v) is 2.51. The number of carbonyl (C=O) groups is 1. The lowest BCUT2D eigenvalue weighted by atomic mass is 9.87. The number of imidazole rings is 1. The number of hydrogen-bond donors (Lipinski definition) is 2. The second-order valence-electron chi connectivity index (χ2n) is 7.27. The predicted octanol–water partition coefficient (Wildman–Crippen LogP) is 3.06. The maximum absolute atomic E-state index is 12.0. The van der Waals surface area contributed by atoms with Crippen molar-refractivity contribution in [3.63, 3.8) is 0 Å². The molecule has 0 aliphatic rings. The minimum atomic E-state index is -0.287. The van der Waals surface area contributed by atoms with Crippen molar-refractivity contribution in [1.82, 2.24) is 19.9 Å². The molecule has 1 aromatic carbocycles. The Bertz CT molecular complexity index is 910. The smallest absolute Gasteiger partial charge is 0.245 e. The first-order valence-electron chi connectivity index (χ1n) is 8.53. The van der Waals surface area contributed by atoms with Crippen LogP contribution < -0.4 is 10.5 Å². The van der Waals surface area contributed by atoms with E-state index in [0.29, 0.717) is 30.1 Å². The van der Waals surface area contributed by atoms with Crippen LogP contribution in [-0.2, 0) is 17.8 Å². The largest absolute Gasteiger partial charge is 0.471 e. The van der Waals surface area contributed by atoms with Gasteiger partial charge in [0, 0.05) is 11.8 Å². The molecule has 0 amide bonds. The van der Waals surface area contributed by atoms with Gasteiger partial charge >= 0.3 is 0 Å². The molecule has 3 N–H and O–H groups in total. The fourth-order valence-electron chi connectivity index (χ4n) is 2.51. The average Bonchev–Trinajstić information content (AvgIpc) is 3.06. The molecule has 0 aliphatic carbocycles. The molecule has 3 rings (SSSR count). The Balaban J connectivity index is 1.61. The third-order valence-corrected chi connectivity index (χ3v) is 4.15. The molecule has 2 heterocycles. The summed E-state index contributed by atoms with van der Waals surface area (Å²) in [6.07, 6.45) is 2.82. The van der Waals surface area contributed by atoms with Gasteiger partial charge in [-0.15, -0.1) is 0 Å². The van der Waals surface area contributed by atoms with Crippen molar-refractivity contribution in [2.45, 2.75) is 40.2 Å². The minimum Gasteiger partial charge on any atom is -0.471 e. The van der Waals surface area contributed by atoms with Crippen LogP contribution in [0.5, 0.6) is 5.88 Å². The Labute approximate surface area is 152 Å². The molecule has 0 aliphatic heterocycles. The Kier molecular flexibility index (Phi) is 4.88. The van der Waals surface area contributed by atoms with Crippen molar-refractivity contribution < 1.29 is 9.53 Å². The number of carbonyl (C=O) groups excluding carboxylic acids is 1. The third kappa shape index (κ3) is 4.17. The number of fused-ring (bicyclic) bond motifs is 1. The predicted molar refractivity (Wildman–Crippen MR) is 99.7 cm³/mol. The number of benzene rings is 1. The number of H-pyrrole nitrogens is 1. The van der Waals surface area contributed by atoms with Crippen molar-refractivity contribution in [2.24, 2.45) is 5.41 Å². The maximum atomic E-state index is 12.0. The Morgan fingerprint density at radius 2 is 1.85 bits per heavy atom. The summed E-state index contributed by atoms with van der Waals surface area (Å²) in [6, 6.07) is 8.03. The van der Waals surface area contributed by atoms with Crippen molar-refractivity contribution in [3.05, 3.63) is 41.7 Å². The average molecular weight is 353 g/mol. The molecule has 136 valence electrons. The number of anilines is 1. The summed E-state index contributed by atoms with van der Waals surface area (Å²) in [5.74, 6) is 0.776. The quantitative estimate of drug-likeness (QED) is 0.705. The summed E-state index contributed by atoms with van der Waals surface area (Å²) < 4.78 is 5.77. The Morgan fingerprint density at radius 3 is 2.54 bits per heavy atom. The Hall–Kier alpha value is -2.96. The van der Waals surface area contributed by atoms with Gasteiger partial charge < -0.3 is 15.5 Å². The van der Waals surface area contributed by atoms with Crippen LogP contribution >= 0.6 is 0 Å². The fraction of sp³-hybridized carbons (Fsp3) is 0.368. The minimum absolute atomic E-state index is 0.124. The van der Waals surface area contributed by atoms with E-state index in [9.17, 15) is 4.79 Å². The molecule has 7 nitrogen and oxygen atoms in total. The molecule has 0 bridgehead atoms. The van der Waals surface area contributed by atoms with E-state index in [2.05, 4.69) is 19.9 Å². The van der Waals surface area contributed by atoms with E-state index < -0.39 is 0 Å². The number of aromatic nitrogens is 4. The highest BCUT2D eigenvalue weighted by Gasteiger charge is 2.20. The Morgan fingerprint density at radius 1 is 1.15 bits per heavy atom. The van der Waals surface area contributed by atoms with Crippen molar-refractivity contribution in [2.75, 3.05) is 5.73 Å². The van der Waals surface area contributed by atoms with E-state index in [0.717, 1.165) is 17.5 Å². The highest BCUT2D eigenvalue weighted by molar-refractivity contribution is 5.83. The molecule has 0 atom stereocenters. The summed E-state index contributed by atoms with van der Waals surface area (Å²) in [5, 5.41) is 0. The summed E-state index contributed by atoms with van der Waals surface area (Å²) >= 11 is 0. The standard InChI is InChI=1S/C19H23N5O2/c1-19(2,3)14(25)9-8-12-4-6-13(7-5-12)10-26-17-15-16(22-11-21-15)23-18(20)24-17/h4-7,11H,8-10H2,1-3H3,(H3,20,21,22,23,24). The van der Waals surface area contributed by atoms with Gasteiger partial charge in [-0.1, -0.05) is 45.0 Å². The van der Waals surface area contributed by atoms with Crippen LogP contribution in [0.4, 0.5) is 5.95 Å². The first-order chi connectivity index (χ1) is 12.3. The van der Waals surface area contributed by atoms with E-state index >= 15 is 0 Å². The van der Waals surface area contributed by atoms with Gasteiger partial charge in [-0.2, -0.15) is 9.97 Å². The van der Waals surface area contributed by atoms with Gasteiger partial charge in [0.25, 0.3) is 0 Å². The van der Waals surface area contributed by atoms with Crippen LogP contribution in [0.15, 0.2) is 30.6 Å². The van der Waals surface area contributed by atoms with E-state index in [1.165, 1.54) is 6.33 Å². The number of hydrogen-bond acceptors (Lipinski definition) is 6. The summed E-state index contributed by atoms with van der Waals surface area (Å²) in [7, 11) is 0. The summed E-state index contributed by atoms with van der Waals surface area (Å²) in [4.78, 5) is 27.2. The molecule has 0 saturated heterocycles. The zero-order chi connectivity index (χ0) is 18.7. The molecule has 0 unspecified atom stereocenters. The number of ether oxygens (including phenoxy) is 1. The highest BCUT2D eigenvalue weighted by atomic mass is 16.5. The van der Waals surface area contributed by atoms with Crippen molar-refractivity contribution in [1.29, 1.82) is 0 Å². The summed E-state index contributed by atoms with van der Waals surface area (Å²) in [6.45, 7) is 6.21. The van der Waals surface area contributed by atoms with Crippen LogP contribution in [0.3, 0.4) is 0 Å². The number of nitrogen functional groups attached to an aromatic ring is 1. The number of Topliss-reactive ketones (excluding diaryl/α,β-unsaturated/α-hetero) is 1. The molecule has 7 heteroatoms. The van der Waals surface area contributed by atoms with Crippen molar-refractivity contribution >= 4 is 22.9 Å². The summed E-state index contributed by atoms with van der Waals surface area (Å²) in [5.41, 5.74) is 8.62. The number of nitrogens with zero attached hydrogens (tertiary/aromatic N) is 3. The van der Waals surface area contributed by atoms with E-state index in [-0.39, 0.29) is 17.1 Å². The SMILES string of the molecule is CC(C)(C)C(=O)CCc1ccc(COc2nc(N)nc3nc[nH]c23)cc1. The van der Waals surface area contributed by atoms with Gasteiger partial charge in [-0.05, 0) is 17.5 Å². The topological polar surface area (TPSA) is 107 Å². The van der Waals surface area contributed by atoms with Gasteiger partial charge in [0.2, 0.25) is 11.8 Å². The number of aryl methyl sites for hydroxylation is 1. The second kappa shape index (κ2) is 7.11. The molecule has 2 aromatic heterocycles. The van der Waals surface area contributed by atoms with E-state index in [1.54, 1.807) is 0 Å². The zero-order valence-corrected chi connectivity index (χ0v) is 15.2. The van der Waals surface area contributed by atoms with Gasteiger partial charge in [0.15, 0.2) is 5.65 Å². The van der Waals surface area contributed by atoms with E-state index in [1.807, 2.05) is 45.0 Å². The number of nitrogens with two attached hydrogens (primary N) is 1. The molecule has 3 aromatic rings. The second-order valence-corrected chi connectivity index (χ2v) is 7.27. The van der Waals surface area contributed by atoms with Crippen molar-refractivity contribution in [3.8, 4) is 5.88 Å². The van der Waals surface area contributed by atoms with Crippen LogP contribution in [0.2, 0.25) is 0 Å². The van der Waals surface area contributed by atoms with Crippen LogP contribution in [0.25, 0.3) is 11.2 Å². The first kappa shape index (κ1) is 17.8. The molecule has 26 heavy (non-hydrogen) atoms. The third-order valence-electron chi connectivity index (χ3n) is 4.15. The van der Waals surface area contributed by atoms with Gasteiger partial charge in [-0.3, -0.25) is 4.79 Å². The number of rotatable bonds is 6. The van der Waals surface area contributed by atoms with Crippen LogP contribution in [0.1, 0.15) is 38.3 Å². The lowest BCUT2D eigenvalue weighted by Crippen LogP contribution is -2.20.